The van der Waals surface area contributed by atoms with Gasteiger partial charge in [0.2, 0.25) is 0 Å². The Labute approximate surface area is 115 Å². The number of nitrogens with zero attached hydrogens (tertiary/aromatic N) is 2. The van der Waals surface area contributed by atoms with Crippen LogP contribution < -0.4 is 5.32 Å². The largest absolute Gasteiger partial charge is 0.361 e. The number of nitrogens with one attached hydrogen (secondary N) is 1. The summed E-state index contributed by atoms with van der Waals surface area (Å²) in [7, 11) is 0. The molecule has 1 unspecified atom stereocenters. The molecule has 2 heterocycles. The molecule has 1 fully saturated rings. The molecule has 0 radical (unpaired) electrons. The maximum atomic E-state index is 5.35. The summed E-state index contributed by atoms with van der Waals surface area (Å²) in [5.41, 5.74) is 2.19. The van der Waals surface area contributed by atoms with Crippen LogP contribution >= 0.6 is 0 Å². The van der Waals surface area contributed by atoms with Crippen LogP contribution in [-0.4, -0.2) is 35.7 Å². The number of piperidine rings is 1. The van der Waals surface area contributed by atoms with Crippen molar-refractivity contribution in [3.05, 3.63) is 17.0 Å². The molecule has 1 atom stereocenters. The van der Waals surface area contributed by atoms with Crippen LogP contribution in [0.25, 0.3) is 0 Å². The highest BCUT2D eigenvalue weighted by Gasteiger charge is 2.23. The highest BCUT2D eigenvalue weighted by molar-refractivity contribution is 5.24. The maximum absolute atomic E-state index is 5.35. The first-order valence-corrected chi connectivity index (χ1v) is 6.96. The normalized spacial score (nSPS) is 19.3. The summed E-state index contributed by atoms with van der Waals surface area (Å²) in [6.45, 7) is 9.08. The maximum Gasteiger partial charge on any atom is 0.138 e. The van der Waals surface area contributed by atoms with Crippen LogP contribution in [0.1, 0.15) is 42.8 Å². The number of aromatic nitrogens is 1. The van der Waals surface area contributed by atoms with Gasteiger partial charge in [-0.05, 0) is 33.6 Å². The van der Waals surface area contributed by atoms with Gasteiger partial charge in [0.1, 0.15) is 5.76 Å². The molecule has 0 aliphatic carbocycles. The monoisotopic (exact) mass is 261 g/mol. The van der Waals surface area contributed by atoms with Gasteiger partial charge in [0.15, 0.2) is 0 Å². The van der Waals surface area contributed by atoms with Crippen LogP contribution in [0, 0.1) is 26.2 Å². The summed E-state index contributed by atoms with van der Waals surface area (Å²) in [5, 5.41) is 7.71. The van der Waals surface area contributed by atoms with Crippen LogP contribution in [0.5, 0.6) is 0 Å². The first kappa shape index (κ1) is 14.1. The van der Waals surface area contributed by atoms with Gasteiger partial charge in [-0.25, -0.2) is 0 Å². The summed E-state index contributed by atoms with van der Waals surface area (Å²) in [4.78, 5) is 2.33. The molecule has 0 spiro atoms. The molecular weight excluding hydrogens is 238 g/mol. The second kappa shape index (κ2) is 6.23. The zero-order chi connectivity index (χ0) is 13.8. The SMILES string of the molecule is C#CCN1CCC(NC(C)c2c(C)noc2C)CC1. The fourth-order valence-electron chi connectivity index (χ4n) is 2.93. The van der Waals surface area contributed by atoms with Crippen LogP contribution in [-0.2, 0) is 0 Å². The van der Waals surface area contributed by atoms with E-state index in [2.05, 4.69) is 28.2 Å². The summed E-state index contributed by atoms with van der Waals surface area (Å²) in [5.74, 6) is 3.63. The van der Waals surface area contributed by atoms with E-state index in [1.807, 2.05) is 13.8 Å². The van der Waals surface area contributed by atoms with Gasteiger partial charge < -0.3 is 9.84 Å². The molecule has 4 heteroatoms. The Hall–Kier alpha value is -1.31. The third kappa shape index (κ3) is 3.37. The van der Waals surface area contributed by atoms with Crippen molar-refractivity contribution in [3.8, 4) is 12.3 Å². The van der Waals surface area contributed by atoms with Crippen molar-refractivity contribution in [2.45, 2.75) is 45.7 Å². The molecular formula is C15H23N3O. The van der Waals surface area contributed by atoms with E-state index in [-0.39, 0.29) is 6.04 Å². The zero-order valence-electron chi connectivity index (χ0n) is 12.1. The fourth-order valence-corrected chi connectivity index (χ4v) is 2.93. The minimum absolute atomic E-state index is 0.287. The van der Waals surface area contributed by atoms with Crippen LogP contribution in [0.4, 0.5) is 0 Å². The molecule has 0 bridgehead atoms. The molecule has 19 heavy (non-hydrogen) atoms. The Bertz CT molecular complexity index is 433. The molecule has 1 saturated heterocycles. The van der Waals surface area contributed by atoms with E-state index >= 15 is 0 Å². The molecule has 0 aromatic carbocycles. The van der Waals surface area contributed by atoms with Crippen LogP contribution in [0.15, 0.2) is 4.52 Å². The van der Waals surface area contributed by atoms with E-state index in [1.54, 1.807) is 0 Å². The predicted octanol–water partition coefficient (Wildman–Crippen LogP) is 2.04. The summed E-state index contributed by atoms with van der Waals surface area (Å²) >= 11 is 0. The Balaban J connectivity index is 1.88. The first-order valence-electron chi connectivity index (χ1n) is 6.96. The van der Waals surface area contributed by atoms with E-state index in [1.165, 1.54) is 5.56 Å². The van der Waals surface area contributed by atoms with E-state index in [9.17, 15) is 0 Å². The molecule has 1 aromatic heterocycles. The van der Waals surface area contributed by atoms with Crippen molar-refractivity contribution in [3.63, 3.8) is 0 Å². The van der Waals surface area contributed by atoms with Crippen molar-refractivity contribution < 1.29 is 4.52 Å². The number of hydrogen-bond acceptors (Lipinski definition) is 4. The number of rotatable bonds is 4. The molecule has 1 aliphatic rings. The van der Waals surface area contributed by atoms with Gasteiger partial charge in [0, 0.05) is 30.7 Å². The van der Waals surface area contributed by atoms with Gasteiger partial charge in [-0.3, -0.25) is 4.90 Å². The van der Waals surface area contributed by atoms with Gasteiger partial charge in [-0.2, -0.15) is 0 Å². The average molecular weight is 261 g/mol. The average Bonchev–Trinajstić information content (AvgIpc) is 2.72. The lowest BCUT2D eigenvalue weighted by atomic mass is 10.0. The second-order valence-corrected chi connectivity index (χ2v) is 5.38. The Morgan fingerprint density at radius 3 is 2.68 bits per heavy atom. The molecule has 104 valence electrons. The number of terminal acetylenes is 1. The summed E-state index contributed by atoms with van der Waals surface area (Å²) < 4.78 is 5.23. The third-order valence-corrected chi connectivity index (χ3v) is 3.91. The van der Waals surface area contributed by atoms with Crippen molar-refractivity contribution in [1.82, 2.24) is 15.4 Å². The fraction of sp³-hybridized carbons (Fsp3) is 0.667. The summed E-state index contributed by atoms with van der Waals surface area (Å²) in [6.07, 6.45) is 7.64. The predicted molar refractivity (Wildman–Crippen MR) is 75.8 cm³/mol. The standard InChI is InChI=1S/C15H23N3O/c1-5-8-18-9-6-14(7-10-18)16-11(2)15-12(3)17-19-13(15)4/h1,11,14,16H,6-10H2,2-4H3. The molecule has 1 N–H and O–H groups in total. The highest BCUT2D eigenvalue weighted by atomic mass is 16.5. The lowest BCUT2D eigenvalue weighted by Gasteiger charge is -2.32. The topological polar surface area (TPSA) is 41.3 Å². The molecule has 4 nitrogen and oxygen atoms in total. The van der Waals surface area contributed by atoms with E-state index in [4.69, 9.17) is 10.9 Å². The van der Waals surface area contributed by atoms with Gasteiger partial charge in [0.25, 0.3) is 0 Å². The molecule has 0 saturated carbocycles. The Morgan fingerprint density at radius 2 is 2.16 bits per heavy atom. The molecule has 0 amide bonds. The number of hydrogen-bond donors (Lipinski definition) is 1. The van der Waals surface area contributed by atoms with Crippen LogP contribution in [0.2, 0.25) is 0 Å². The zero-order valence-corrected chi connectivity index (χ0v) is 12.1. The summed E-state index contributed by atoms with van der Waals surface area (Å²) in [6, 6.07) is 0.841. The highest BCUT2D eigenvalue weighted by Crippen LogP contribution is 2.23. The smallest absolute Gasteiger partial charge is 0.138 e. The minimum Gasteiger partial charge on any atom is -0.361 e. The molecule has 1 aromatic rings. The van der Waals surface area contributed by atoms with Gasteiger partial charge in [0.05, 0.1) is 12.2 Å². The van der Waals surface area contributed by atoms with Crippen LogP contribution in [0.3, 0.4) is 0 Å². The number of aryl methyl sites for hydroxylation is 2. The Morgan fingerprint density at radius 1 is 1.47 bits per heavy atom. The minimum atomic E-state index is 0.287. The van der Waals surface area contributed by atoms with E-state index in [0.717, 1.165) is 43.9 Å². The van der Waals surface area contributed by atoms with E-state index in [0.29, 0.717) is 6.04 Å². The molecule has 1 aliphatic heterocycles. The second-order valence-electron chi connectivity index (χ2n) is 5.38. The lowest BCUT2D eigenvalue weighted by molar-refractivity contribution is 0.211. The third-order valence-electron chi connectivity index (χ3n) is 3.91. The van der Waals surface area contributed by atoms with Crippen molar-refractivity contribution >= 4 is 0 Å². The van der Waals surface area contributed by atoms with Gasteiger partial charge in [-0.1, -0.05) is 11.1 Å². The first-order chi connectivity index (χ1) is 9.11. The van der Waals surface area contributed by atoms with Gasteiger partial charge >= 0.3 is 0 Å². The van der Waals surface area contributed by atoms with Crippen molar-refractivity contribution in [1.29, 1.82) is 0 Å². The molecule has 2 rings (SSSR count). The van der Waals surface area contributed by atoms with Gasteiger partial charge in [-0.15, -0.1) is 6.42 Å². The van der Waals surface area contributed by atoms with Crippen molar-refractivity contribution in [2.75, 3.05) is 19.6 Å². The quantitative estimate of drug-likeness (QED) is 0.842. The Kier molecular flexibility index (Phi) is 4.62. The van der Waals surface area contributed by atoms with Crippen molar-refractivity contribution in [2.24, 2.45) is 0 Å². The lowest BCUT2D eigenvalue weighted by Crippen LogP contribution is -2.43. The number of likely N-dealkylation sites (tertiary alicyclic amines) is 1. The van der Waals surface area contributed by atoms with E-state index < -0.39 is 0 Å².